The summed E-state index contributed by atoms with van der Waals surface area (Å²) >= 11 is 6.13. The first kappa shape index (κ1) is 18.7. The second-order valence-corrected chi connectivity index (χ2v) is 8.49. The lowest BCUT2D eigenvalue weighted by atomic mass is 10.1. The van der Waals surface area contributed by atoms with Gasteiger partial charge in [-0.15, -0.1) is 0 Å². The number of halogens is 2. The van der Waals surface area contributed by atoms with Gasteiger partial charge in [-0.2, -0.15) is 0 Å². The van der Waals surface area contributed by atoms with Crippen LogP contribution in [-0.4, -0.2) is 26.6 Å². The zero-order valence-corrected chi connectivity index (χ0v) is 15.5. The molecule has 2 aromatic rings. The summed E-state index contributed by atoms with van der Waals surface area (Å²) in [6.45, 7) is 0.599. The average Bonchev–Trinajstić information content (AvgIpc) is 2.61. The molecule has 1 fully saturated rings. The number of nitrogens with zero attached hydrogens (tertiary/aromatic N) is 1. The van der Waals surface area contributed by atoms with Crippen molar-refractivity contribution in [3.63, 3.8) is 0 Å². The van der Waals surface area contributed by atoms with Crippen LogP contribution in [-0.2, 0) is 16.6 Å². The van der Waals surface area contributed by atoms with E-state index in [1.54, 1.807) is 18.2 Å². The predicted molar refractivity (Wildman–Crippen MR) is 99.4 cm³/mol. The van der Waals surface area contributed by atoms with Crippen molar-refractivity contribution in [1.29, 1.82) is 0 Å². The minimum absolute atomic E-state index is 0.0989. The molecule has 138 valence electrons. The minimum Gasteiger partial charge on any atom is -0.348 e. The highest BCUT2D eigenvalue weighted by Gasteiger charge is 2.27. The molecule has 5 nitrogen and oxygen atoms in total. The van der Waals surface area contributed by atoms with Gasteiger partial charge >= 0.3 is 0 Å². The molecule has 1 aliphatic heterocycles. The van der Waals surface area contributed by atoms with Gasteiger partial charge in [-0.05, 0) is 48.7 Å². The summed E-state index contributed by atoms with van der Waals surface area (Å²) in [4.78, 5) is 12.5. The lowest BCUT2D eigenvalue weighted by molar-refractivity contribution is 0.0951. The predicted octanol–water partition coefficient (Wildman–Crippen LogP) is 3.34. The van der Waals surface area contributed by atoms with E-state index in [0.29, 0.717) is 18.7 Å². The first-order valence-electron chi connectivity index (χ1n) is 8.19. The summed E-state index contributed by atoms with van der Waals surface area (Å²) in [6, 6.07) is 10.4. The van der Waals surface area contributed by atoms with E-state index in [0.717, 1.165) is 12.0 Å². The maximum atomic E-state index is 12.9. The molecule has 1 N–H and O–H groups in total. The normalized spacial score (nSPS) is 16.3. The first-order chi connectivity index (χ1) is 12.4. The van der Waals surface area contributed by atoms with Gasteiger partial charge in [0.2, 0.25) is 10.0 Å². The SMILES string of the molecule is O=C(NCc1ccc(F)cc1)c1cc(N2CCCCS2(=O)=O)ccc1Cl. The molecule has 1 aliphatic rings. The topological polar surface area (TPSA) is 66.5 Å². The smallest absolute Gasteiger partial charge is 0.253 e. The van der Waals surface area contributed by atoms with Crippen LogP contribution in [0.25, 0.3) is 0 Å². The van der Waals surface area contributed by atoms with Crippen LogP contribution in [0.1, 0.15) is 28.8 Å². The van der Waals surface area contributed by atoms with Crippen LogP contribution in [0.15, 0.2) is 42.5 Å². The summed E-state index contributed by atoms with van der Waals surface area (Å²) in [7, 11) is -3.37. The molecule has 3 rings (SSSR count). The number of sulfonamides is 1. The molecule has 0 spiro atoms. The summed E-state index contributed by atoms with van der Waals surface area (Å²) in [6.07, 6.45) is 1.41. The Hall–Kier alpha value is -2.12. The van der Waals surface area contributed by atoms with Crippen LogP contribution in [0.3, 0.4) is 0 Å². The highest BCUT2D eigenvalue weighted by Crippen LogP contribution is 2.28. The quantitative estimate of drug-likeness (QED) is 0.861. The van der Waals surface area contributed by atoms with E-state index in [-0.39, 0.29) is 28.7 Å². The van der Waals surface area contributed by atoms with Gasteiger partial charge in [-0.1, -0.05) is 23.7 Å². The number of hydrogen-bond donors (Lipinski definition) is 1. The van der Waals surface area contributed by atoms with Gasteiger partial charge in [-0.3, -0.25) is 9.10 Å². The Morgan fingerprint density at radius 2 is 1.88 bits per heavy atom. The molecule has 0 bridgehead atoms. The summed E-state index contributed by atoms with van der Waals surface area (Å²) < 4.78 is 38.7. The largest absolute Gasteiger partial charge is 0.348 e. The van der Waals surface area contributed by atoms with Crippen LogP contribution in [0.2, 0.25) is 5.02 Å². The molecule has 1 saturated heterocycles. The monoisotopic (exact) mass is 396 g/mol. The average molecular weight is 397 g/mol. The third kappa shape index (κ3) is 4.16. The summed E-state index contributed by atoms with van der Waals surface area (Å²) in [5, 5.41) is 2.95. The Kier molecular flexibility index (Phi) is 5.48. The van der Waals surface area contributed by atoms with Gasteiger partial charge < -0.3 is 5.32 Å². The number of amides is 1. The van der Waals surface area contributed by atoms with Gasteiger partial charge in [0.05, 0.1) is 22.0 Å². The van der Waals surface area contributed by atoms with E-state index in [1.807, 2.05) is 0 Å². The fraction of sp³-hybridized carbons (Fsp3) is 0.278. The molecule has 0 unspecified atom stereocenters. The number of hydrogen-bond acceptors (Lipinski definition) is 3. The molecule has 0 atom stereocenters. The minimum atomic E-state index is -3.37. The number of benzene rings is 2. The van der Waals surface area contributed by atoms with E-state index in [4.69, 9.17) is 11.6 Å². The van der Waals surface area contributed by atoms with Crippen molar-refractivity contribution in [2.75, 3.05) is 16.6 Å². The van der Waals surface area contributed by atoms with E-state index in [1.165, 1.54) is 28.6 Å². The number of nitrogens with one attached hydrogen (secondary N) is 1. The maximum Gasteiger partial charge on any atom is 0.253 e. The lowest BCUT2D eigenvalue weighted by Crippen LogP contribution is -2.38. The van der Waals surface area contributed by atoms with Gasteiger partial charge in [0, 0.05) is 13.1 Å². The Balaban J connectivity index is 1.78. The molecule has 26 heavy (non-hydrogen) atoms. The van der Waals surface area contributed by atoms with Gasteiger partial charge in [0.15, 0.2) is 0 Å². The van der Waals surface area contributed by atoms with Crippen molar-refractivity contribution < 1.29 is 17.6 Å². The van der Waals surface area contributed by atoms with E-state index in [2.05, 4.69) is 5.32 Å². The number of carbonyl (C=O) groups is 1. The number of anilines is 1. The second-order valence-electron chi connectivity index (χ2n) is 6.07. The van der Waals surface area contributed by atoms with Crippen LogP contribution in [0.4, 0.5) is 10.1 Å². The molecule has 0 aromatic heterocycles. The third-order valence-electron chi connectivity index (χ3n) is 4.20. The molecule has 0 aliphatic carbocycles. The van der Waals surface area contributed by atoms with Crippen molar-refractivity contribution in [3.05, 3.63) is 64.4 Å². The molecular weight excluding hydrogens is 379 g/mol. The van der Waals surface area contributed by atoms with Crippen molar-refractivity contribution in [2.45, 2.75) is 19.4 Å². The standard InChI is InChI=1S/C18H18ClFN2O3S/c19-17-8-7-15(22-9-1-2-10-26(22,24)25)11-16(17)18(23)21-12-13-3-5-14(20)6-4-13/h3-8,11H,1-2,9-10,12H2,(H,21,23). The number of rotatable bonds is 4. The zero-order valence-electron chi connectivity index (χ0n) is 13.9. The van der Waals surface area contributed by atoms with E-state index < -0.39 is 15.9 Å². The second kappa shape index (κ2) is 7.63. The Labute approximate surface area is 156 Å². The maximum absolute atomic E-state index is 12.9. The molecule has 1 heterocycles. The van der Waals surface area contributed by atoms with Crippen molar-refractivity contribution in [2.24, 2.45) is 0 Å². The Morgan fingerprint density at radius 3 is 2.58 bits per heavy atom. The van der Waals surface area contributed by atoms with Crippen LogP contribution in [0.5, 0.6) is 0 Å². The Bertz CT molecular complexity index is 917. The van der Waals surface area contributed by atoms with Gasteiger partial charge in [0.1, 0.15) is 5.82 Å². The van der Waals surface area contributed by atoms with Gasteiger partial charge in [0.25, 0.3) is 5.91 Å². The van der Waals surface area contributed by atoms with Crippen molar-refractivity contribution in [1.82, 2.24) is 5.32 Å². The molecule has 8 heteroatoms. The molecule has 1 amide bonds. The van der Waals surface area contributed by atoms with E-state index >= 15 is 0 Å². The molecule has 0 saturated carbocycles. The van der Waals surface area contributed by atoms with E-state index in [9.17, 15) is 17.6 Å². The zero-order chi connectivity index (χ0) is 18.7. The third-order valence-corrected chi connectivity index (χ3v) is 6.40. The first-order valence-corrected chi connectivity index (χ1v) is 10.2. The van der Waals surface area contributed by atoms with Crippen LogP contribution in [0, 0.1) is 5.82 Å². The molecule has 2 aromatic carbocycles. The fourth-order valence-corrected chi connectivity index (χ4v) is 4.64. The molecule has 0 radical (unpaired) electrons. The Morgan fingerprint density at radius 1 is 1.15 bits per heavy atom. The van der Waals surface area contributed by atoms with Crippen LogP contribution >= 0.6 is 11.6 Å². The summed E-state index contributed by atoms with van der Waals surface area (Å²) in [5.41, 5.74) is 1.37. The highest BCUT2D eigenvalue weighted by atomic mass is 35.5. The lowest BCUT2D eigenvalue weighted by Gasteiger charge is -2.28. The summed E-state index contributed by atoms with van der Waals surface area (Å²) in [5.74, 6) is -0.670. The van der Waals surface area contributed by atoms with Crippen molar-refractivity contribution in [3.8, 4) is 0 Å². The van der Waals surface area contributed by atoms with Crippen LogP contribution < -0.4 is 9.62 Å². The van der Waals surface area contributed by atoms with Gasteiger partial charge in [-0.25, -0.2) is 12.8 Å². The van der Waals surface area contributed by atoms with Crippen molar-refractivity contribution >= 4 is 33.2 Å². The molecular formula is C18H18ClFN2O3S. The number of carbonyl (C=O) groups excluding carboxylic acids is 1. The highest BCUT2D eigenvalue weighted by molar-refractivity contribution is 7.92. The fourth-order valence-electron chi connectivity index (χ4n) is 2.80.